The highest BCUT2D eigenvalue weighted by molar-refractivity contribution is 6.01. The lowest BCUT2D eigenvalue weighted by molar-refractivity contribution is -0.193. The summed E-state index contributed by atoms with van der Waals surface area (Å²) < 4.78 is 121. The maximum Gasteiger partial charge on any atom is 0.482 e. The van der Waals surface area contributed by atoms with Crippen LogP contribution < -0.4 is 9.64 Å². The van der Waals surface area contributed by atoms with Crippen molar-refractivity contribution in [2.75, 3.05) is 12.0 Å². The average Bonchev–Trinajstić information content (AvgIpc) is 2.85. The van der Waals surface area contributed by atoms with Crippen LogP contribution in [0.25, 0.3) is 11.1 Å². The zero-order chi connectivity index (χ0) is 26.5. The number of alkyl halides is 2. The van der Waals surface area contributed by atoms with Crippen molar-refractivity contribution in [3.05, 3.63) is 82.4 Å². The molecule has 1 amide bonds. The summed E-state index contributed by atoms with van der Waals surface area (Å²) in [6.07, 6.45) is -4.47. The summed E-state index contributed by atoms with van der Waals surface area (Å²) in [6, 6.07) is 5.77. The largest absolute Gasteiger partial charge is 0.482 e. The number of halogens is 8. The van der Waals surface area contributed by atoms with Crippen LogP contribution in [0.2, 0.25) is 0 Å². The topological polar surface area (TPSA) is 55.8 Å². The number of ether oxygens (including phenoxy) is 2. The van der Waals surface area contributed by atoms with E-state index in [4.69, 9.17) is 0 Å². The second-order valence-corrected chi connectivity index (χ2v) is 7.44. The molecular weight excluding hydrogens is 506 g/mol. The lowest BCUT2D eigenvalue weighted by Gasteiger charge is -2.34. The summed E-state index contributed by atoms with van der Waals surface area (Å²) in [5, 5.41) is 0. The minimum atomic E-state index is -4.47. The first-order valence-electron chi connectivity index (χ1n) is 9.78. The Labute approximate surface area is 196 Å². The fourth-order valence-electron chi connectivity index (χ4n) is 3.52. The van der Waals surface area contributed by atoms with Gasteiger partial charge in [0.05, 0.1) is 30.5 Å². The normalized spacial score (nSPS) is 14.4. The molecule has 0 aliphatic carbocycles. The van der Waals surface area contributed by atoms with Crippen molar-refractivity contribution in [1.29, 1.82) is 0 Å². The number of carbonyl (C=O) groups excluding carboxylic acids is 2. The number of fused-ring (bicyclic) bond motifs is 1. The van der Waals surface area contributed by atoms with E-state index in [2.05, 4.69) is 9.47 Å². The summed E-state index contributed by atoms with van der Waals surface area (Å²) in [5.74, 6) is -17.2. The fourth-order valence-corrected chi connectivity index (χ4v) is 3.52. The van der Waals surface area contributed by atoms with Crippen molar-refractivity contribution < 1.29 is 54.2 Å². The molecular formula is C23H11F8NO4. The number of esters is 1. The Morgan fingerprint density at radius 2 is 1.47 bits per heavy atom. The summed E-state index contributed by atoms with van der Waals surface area (Å²) in [4.78, 5) is 24.4. The van der Waals surface area contributed by atoms with Gasteiger partial charge in [0.25, 0.3) is 0 Å². The summed E-state index contributed by atoms with van der Waals surface area (Å²) in [7, 11) is 1.13. The van der Waals surface area contributed by atoms with Crippen LogP contribution in [-0.4, -0.2) is 25.1 Å². The number of nitrogens with zero attached hydrogens (tertiary/aromatic N) is 1. The Hall–Kier alpha value is -4.16. The van der Waals surface area contributed by atoms with Crippen molar-refractivity contribution in [2.24, 2.45) is 0 Å². The molecule has 0 bridgehead atoms. The Bertz CT molecular complexity index is 1380. The van der Waals surface area contributed by atoms with Gasteiger partial charge >= 0.3 is 18.0 Å². The van der Waals surface area contributed by atoms with Crippen LogP contribution in [0.3, 0.4) is 0 Å². The standard InChI is InChI=1S/C23H11F8NO4/c1-35-21(33)10-4-2-9(3-5-10)8-32-13-6-11(12(24)7-14(13)36-23(30,31)22(32)34)15-16(25)18(27)20(29)19(28)17(15)26/h2-7H,8H2,1H3. The monoisotopic (exact) mass is 517 g/mol. The quantitative estimate of drug-likeness (QED) is 0.199. The molecule has 5 nitrogen and oxygen atoms in total. The minimum Gasteiger partial charge on any atom is -0.465 e. The van der Waals surface area contributed by atoms with Gasteiger partial charge in [-0.2, -0.15) is 8.78 Å². The predicted octanol–water partition coefficient (Wildman–Crippen LogP) is 5.49. The molecule has 36 heavy (non-hydrogen) atoms. The summed E-state index contributed by atoms with van der Waals surface area (Å²) in [5.41, 5.74) is -3.24. The molecule has 188 valence electrons. The SMILES string of the molecule is COC(=O)c1ccc(CN2C(=O)C(F)(F)Oc3cc(F)c(-c4c(F)c(F)c(F)c(F)c4F)cc32)cc1. The Balaban J connectivity index is 1.86. The van der Waals surface area contributed by atoms with E-state index < -0.39 is 82.0 Å². The van der Waals surface area contributed by atoms with Crippen LogP contribution in [0, 0.1) is 34.9 Å². The highest BCUT2D eigenvalue weighted by Crippen LogP contribution is 2.44. The second kappa shape index (κ2) is 8.81. The van der Waals surface area contributed by atoms with E-state index in [0.29, 0.717) is 11.0 Å². The number of methoxy groups -OCH3 is 1. The van der Waals surface area contributed by atoms with Crippen molar-refractivity contribution >= 4 is 17.6 Å². The van der Waals surface area contributed by atoms with Crippen molar-refractivity contribution in [2.45, 2.75) is 12.7 Å². The lowest BCUT2D eigenvalue weighted by Crippen LogP contribution is -2.50. The molecule has 1 aliphatic rings. The van der Waals surface area contributed by atoms with Gasteiger partial charge in [0.1, 0.15) is 5.82 Å². The zero-order valence-corrected chi connectivity index (χ0v) is 17.8. The number of hydrogen-bond acceptors (Lipinski definition) is 4. The van der Waals surface area contributed by atoms with Gasteiger partial charge in [-0.05, 0) is 23.8 Å². The molecule has 0 unspecified atom stereocenters. The van der Waals surface area contributed by atoms with Crippen LogP contribution in [0.5, 0.6) is 5.75 Å². The van der Waals surface area contributed by atoms with Gasteiger partial charge in [-0.25, -0.2) is 31.1 Å². The van der Waals surface area contributed by atoms with E-state index in [-0.39, 0.29) is 17.2 Å². The molecule has 0 radical (unpaired) electrons. The molecule has 0 saturated heterocycles. The van der Waals surface area contributed by atoms with Gasteiger partial charge in [0, 0.05) is 11.6 Å². The number of amides is 1. The van der Waals surface area contributed by atoms with E-state index in [1.807, 2.05) is 0 Å². The molecule has 0 aromatic heterocycles. The molecule has 3 aromatic rings. The first-order chi connectivity index (χ1) is 16.9. The summed E-state index contributed by atoms with van der Waals surface area (Å²) in [6.45, 7) is -0.631. The number of benzene rings is 3. The van der Waals surface area contributed by atoms with Crippen LogP contribution in [0.4, 0.5) is 40.8 Å². The van der Waals surface area contributed by atoms with E-state index in [0.717, 1.165) is 7.11 Å². The highest BCUT2D eigenvalue weighted by Gasteiger charge is 2.51. The Morgan fingerprint density at radius 1 is 0.917 bits per heavy atom. The van der Waals surface area contributed by atoms with E-state index in [9.17, 15) is 44.7 Å². The maximum absolute atomic E-state index is 14.7. The third kappa shape index (κ3) is 3.99. The van der Waals surface area contributed by atoms with Crippen molar-refractivity contribution in [1.82, 2.24) is 0 Å². The van der Waals surface area contributed by atoms with Gasteiger partial charge in [-0.3, -0.25) is 9.69 Å². The number of carbonyl (C=O) groups is 2. The predicted molar refractivity (Wildman–Crippen MR) is 106 cm³/mol. The third-order valence-electron chi connectivity index (χ3n) is 5.27. The zero-order valence-electron chi connectivity index (χ0n) is 17.8. The van der Waals surface area contributed by atoms with Gasteiger partial charge in [-0.15, -0.1) is 0 Å². The maximum atomic E-state index is 14.7. The molecule has 4 rings (SSSR count). The van der Waals surface area contributed by atoms with E-state index in [1.54, 1.807) is 0 Å². The third-order valence-corrected chi connectivity index (χ3v) is 5.27. The average molecular weight is 517 g/mol. The molecule has 0 N–H and O–H groups in total. The molecule has 1 aliphatic heterocycles. The van der Waals surface area contributed by atoms with Crippen LogP contribution >= 0.6 is 0 Å². The fraction of sp³-hybridized carbons (Fsp3) is 0.130. The number of anilines is 1. The number of rotatable bonds is 4. The van der Waals surface area contributed by atoms with Gasteiger partial charge in [-0.1, -0.05) is 12.1 Å². The minimum absolute atomic E-state index is 0.0935. The van der Waals surface area contributed by atoms with Crippen LogP contribution in [0.1, 0.15) is 15.9 Å². The second-order valence-electron chi connectivity index (χ2n) is 7.44. The molecule has 0 atom stereocenters. The Morgan fingerprint density at radius 3 is 2.03 bits per heavy atom. The molecule has 13 heteroatoms. The van der Waals surface area contributed by atoms with Crippen LogP contribution in [0.15, 0.2) is 36.4 Å². The molecule has 3 aromatic carbocycles. The molecule has 1 heterocycles. The van der Waals surface area contributed by atoms with Gasteiger partial charge < -0.3 is 9.47 Å². The highest BCUT2D eigenvalue weighted by atomic mass is 19.3. The Kier molecular flexibility index (Phi) is 6.10. The smallest absolute Gasteiger partial charge is 0.465 e. The lowest BCUT2D eigenvalue weighted by atomic mass is 10.0. The van der Waals surface area contributed by atoms with Crippen molar-refractivity contribution in [3.63, 3.8) is 0 Å². The molecule has 0 saturated carbocycles. The van der Waals surface area contributed by atoms with E-state index >= 15 is 0 Å². The van der Waals surface area contributed by atoms with E-state index in [1.165, 1.54) is 24.3 Å². The number of hydrogen-bond donors (Lipinski definition) is 0. The molecule has 0 fully saturated rings. The van der Waals surface area contributed by atoms with Crippen LogP contribution in [-0.2, 0) is 16.1 Å². The first-order valence-corrected chi connectivity index (χ1v) is 9.78. The van der Waals surface area contributed by atoms with Crippen molar-refractivity contribution in [3.8, 4) is 16.9 Å². The summed E-state index contributed by atoms with van der Waals surface area (Å²) >= 11 is 0. The first kappa shape index (κ1) is 24.9. The molecule has 0 spiro atoms. The van der Waals surface area contributed by atoms with Gasteiger partial charge in [0.15, 0.2) is 29.0 Å². The van der Waals surface area contributed by atoms with Gasteiger partial charge in [0.2, 0.25) is 5.82 Å².